The van der Waals surface area contributed by atoms with E-state index in [1.165, 1.54) is 18.2 Å². The topological polar surface area (TPSA) is 37.7 Å². The quantitative estimate of drug-likeness (QED) is 0.194. The SMILES string of the molecule is Fc1ccccc1-c1ccc(CNCc2cc(-c3ccccc3F)n(Cn3cccc3-c3ccccc3F)c2)[nH]1. The first-order valence-electron chi connectivity index (χ1n) is 13.0. The van der Waals surface area contributed by atoms with E-state index in [-0.39, 0.29) is 17.5 Å². The summed E-state index contributed by atoms with van der Waals surface area (Å²) < 4.78 is 47.5. The highest BCUT2D eigenvalue weighted by molar-refractivity contribution is 5.63. The van der Waals surface area contributed by atoms with Crippen LogP contribution >= 0.6 is 0 Å². The highest BCUT2D eigenvalue weighted by Gasteiger charge is 2.15. The molecule has 40 heavy (non-hydrogen) atoms. The Morgan fingerprint density at radius 3 is 1.90 bits per heavy atom. The van der Waals surface area contributed by atoms with Crippen molar-refractivity contribution in [1.82, 2.24) is 19.4 Å². The molecule has 0 saturated carbocycles. The standard InChI is InChI=1S/C33H27F3N4/c34-28-11-4-1-8-25(28)31-16-15-24(38-31)20-37-19-23-18-33(27-10-3-6-13-30(27)36)40(21-23)22-39-17-7-14-32(39)26-9-2-5-12-29(26)35/h1-18,21,37-38H,19-20,22H2. The number of hydrogen-bond donors (Lipinski definition) is 2. The van der Waals surface area contributed by atoms with Gasteiger partial charge in [0, 0.05) is 53.6 Å². The largest absolute Gasteiger partial charge is 0.357 e. The summed E-state index contributed by atoms with van der Waals surface area (Å²) in [5.41, 5.74) is 5.61. The summed E-state index contributed by atoms with van der Waals surface area (Å²) in [6.45, 7) is 1.46. The summed E-state index contributed by atoms with van der Waals surface area (Å²) in [6, 6.07) is 29.5. The lowest BCUT2D eigenvalue weighted by Crippen LogP contribution is -2.13. The van der Waals surface area contributed by atoms with Gasteiger partial charge in [0.05, 0.1) is 18.1 Å². The molecule has 0 unspecified atom stereocenters. The van der Waals surface area contributed by atoms with Crippen molar-refractivity contribution >= 4 is 0 Å². The van der Waals surface area contributed by atoms with Gasteiger partial charge in [0.15, 0.2) is 0 Å². The van der Waals surface area contributed by atoms with E-state index in [4.69, 9.17) is 0 Å². The zero-order valence-corrected chi connectivity index (χ0v) is 21.6. The van der Waals surface area contributed by atoms with Crippen LogP contribution in [0.3, 0.4) is 0 Å². The number of H-pyrrole nitrogens is 1. The van der Waals surface area contributed by atoms with Gasteiger partial charge < -0.3 is 19.4 Å². The van der Waals surface area contributed by atoms with Gasteiger partial charge in [-0.05, 0) is 72.3 Å². The van der Waals surface area contributed by atoms with Crippen molar-refractivity contribution in [3.63, 3.8) is 0 Å². The van der Waals surface area contributed by atoms with Crippen LogP contribution in [0.4, 0.5) is 13.2 Å². The average Bonchev–Trinajstić information content (AvgIpc) is 3.71. The third kappa shape index (κ3) is 5.24. The van der Waals surface area contributed by atoms with Crippen molar-refractivity contribution in [1.29, 1.82) is 0 Å². The molecule has 0 radical (unpaired) electrons. The molecule has 0 aliphatic rings. The van der Waals surface area contributed by atoms with E-state index in [1.807, 2.05) is 70.1 Å². The first-order valence-corrected chi connectivity index (χ1v) is 13.0. The van der Waals surface area contributed by atoms with Gasteiger partial charge in [0.1, 0.15) is 17.5 Å². The van der Waals surface area contributed by atoms with E-state index in [0.29, 0.717) is 36.4 Å². The van der Waals surface area contributed by atoms with E-state index < -0.39 is 0 Å². The van der Waals surface area contributed by atoms with E-state index >= 15 is 0 Å². The number of halogens is 3. The Kier molecular flexibility index (Phi) is 7.12. The molecule has 3 aromatic carbocycles. The molecule has 0 aliphatic carbocycles. The highest BCUT2D eigenvalue weighted by Crippen LogP contribution is 2.28. The molecule has 0 atom stereocenters. The predicted octanol–water partition coefficient (Wildman–Crippen LogP) is 7.83. The maximum absolute atomic E-state index is 14.9. The number of nitrogens with zero attached hydrogens (tertiary/aromatic N) is 2. The lowest BCUT2D eigenvalue weighted by molar-refractivity contribution is 0.601. The zero-order valence-electron chi connectivity index (χ0n) is 21.6. The van der Waals surface area contributed by atoms with Crippen LogP contribution in [0.15, 0.2) is 116 Å². The first-order chi connectivity index (χ1) is 19.6. The number of benzene rings is 3. The summed E-state index contributed by atoms with van der Waals surface area (Å²) in [6.07, 6.45) is 3.88. The molecule has 200 valence electrons. The molecule has 4 nitrogen and oxygen atoms in total. The average molecular weight is 537 g/mol. The second kappa shape index (κ2) is 11.2. The Labute approximate surface area is 230 Å². The molecule has 0 aliphatic heterocycles. The summed E-state index contributed by atoms with van der Waals surface area (Å²) in [7, 11) is 0. The maximum Gasteiger partial charge on any atom is 0.132 e. The number of hydrogen-bond acceptors (Lipinski definition) is 1. The first kappa shape index (κ1) is 25.5. The van der Waals surface area contributed by atoms with Gasteiger partial charge >= 0.3 is 0 Å². The maximum atomic E-state index is 14.9. The van der Waals surface area contributed by atoms with Crippen LogP contribution in [0.2, 0.25) is 0 Å². The van der Waals surface area contributed by atoms with Crippen LogP contribution < -0.4 is 5.32 Å². The normalized spacial score (nSPS) is 11.3. The van der Waals surface area contributed by atoms with Crippen molar-refractivity contribution in [3.8, 4) is 33.8 Å². The van der Waals surface area contributed by atoms with Crippen molar-refractivity contribution in [2.24, 2.45) is 0 Å². The third-order valence-corrected chi connectivity index (χ3v) is 6.94. The fourth-order valence-corrected chi connectivity index (χ4v) is 5.02. The van der Waals surface area contributed by atoms with Crippen LogP contribution in [0, 0.1) is 17.5 Å². The molecule has 0 amide bonds. The third-order valence-electron chi connectivity index (χ3n) is 6.94. The summed E-state index contributed by atoms with van der Waals surface area (Å²) >= 11 is 0. The fraction of sp³-hybridized carbons (Fsp3) is 0.0909. The highest BCUT2D eigenvalue weighted by atomic mass is 19.1. The number of aromatic amines is 1. The molecule has 6 aromatic rings. The second-order valence-electron chi connectivity index (χ2n) is 9.65. The summed E-state index contributed by atoms with van der Waals surface area (Å²) in [4.78, 5) is 3.27. The van der Waals surface area contributed by atoms with Crippen LogP contribution in [0.5, 0.6) is 0 Å². The van der Waals surface area contributed by atoms with Crippen LogP contribution in [0.25, 0.3) is 33.8 Å². The van der Waals surface area contributed by atoms with Gasteiger partial charge in [-0.1, -0.05) is 36.4 Å². The molecule has 0 fully saturated rings. The molecule has 6 rings (SSSR count). The van der Waals surface area contributed by atoms with Crippen molar-refractivity contribution in [2.75, 3.05) is 0 Å². The van der Waals surface area contributed by atoms with Gasteiger partial charge in [-0.15, -0.1) is 0 Å². The minimum atomic E-state index is -0.310. The lowest BCUT2D eigenvalue weighted by atomic mass is 10.1. The van der Waals surface area contributed by atoms with Gasteiger partial charge in [-0.2, -0.15) is 0 Å². The second-order valence-corrected chi connectivity index (χ2v) is 9.65. The number of rotatable bonds is 9. The number of aromatic nitrogens is 3. The monoisotopic (exact) mass is 536 g/mol. The van der Waals surface area contributed by atoms with E-state index in [1.54, 1.807) is 36.4 Å². The van der Waals surface area contributed by atoms with Gasteiger partial charge in [-0.25, -0.2) is 13.2 Å². The molecule has 3 aromatic heterocycles. The van der Waals surface area contributed by atoms with Gasteiger partial charge in [0.25, 0.3) is 0 Å². The minimum absolute atomic E-state index is 0.272. The molecular formula is C33H27F3N4. The summed E-state index contributed by atoms with van der Waals surface area (Å²) in [5, 5.41) is 3.42. The zero-order chi connectivity index (χ0) is 27.5. The van der Waals surface area contributed by atoms with Crippen molar-refractivity contribution in [3.05, 3.63) is 144 Å². The van der Waals surface area contributed by atoms with Crippen molar-refractivity contribution < 1.29 is 13.2 Å². The molecule has 7 heteroatoms. The fourth-order valence-electron chi connectivity index (χ4n) is 5.02. The minimum Gasteiger partial charge on any atom is -0.357 e. The van der Waals surface area contributed by atoms with Gasteiger partial charge in [0.2, 0.25) is 0 Å². The molecule has 0 bridgehead atoms. The van der Waals surface area contributed by atoms with Crippen molar-refractivity contribution in [2.45, 2.75) is 19.8 Å². The van der Waals surface area contributed by atoms with Crippen LogP contribution in [-0.4, -0.2) is 14.1 Å². The van der Waals surface area contributed by atoms with E-state index in [2.05, 4.69) is 10.3 Å². The van der Waals surface area contributed by atoms with E-state index in [0.717, 1.165) is 28.3 Å². The van der Waals surface area contributed by atoms with Gasteiger partial charge in [-0.3, -0.25) is 0 Å². The molecule has 3 heterocycles. The molecular weight excluding hydrogens is 509 g/mol. The van der Waals surface area contributed by atoms with Crippen LogP contribution in [-0.2, 0) is 19.8 Å². The Balaban J connectivity index is 1.23. The molecule has 0 spiro atoms. The van der Waals surface area contributed by atoms with E-state index in [9.17, 15) is 13.2 Å². The Hall–Kier alpha value is -4.75. The Bertz CT molecular complexity index is 1760. The Morgan fingerprint density at radius 1 is 0.600 bits per heavy atom. The number of nitrogens with one attached hydrogen (secondary N) is 2. The smallest absolute Gasteiger partial charge is 0.132 e. The predicted molar refractivity (Wildman–Crippen MR) is 152 cm³/mol. The Morgan fingerprint density at radius 2 is 1.23 bits per heavy atom. The van der Waals surface area contributed by atoms with Crippen LogP contribution in [0.1, 0.15) is 11.3 Å². The lowest BCUT2D eigenvalue weighted by Gasteiger charge is -2.14. The summed E-state index contributed by atoms with van der Waals surface area (Å²) in [5.74, 6) is -0.876. The molecule has 0 saturated heterocycles. The molecule has 2 N–H and O–H groups in total.